The highest BCUT2D eigenvalue weighted by atomic mass is 32.1. The van der Waals surface area contributed by atoms with Crippen LogP contribution < -0.4 is 5.73 Å². The molecular formula is C10H16FN3O2S. The number of aliphatic hydroxyl groups excluding tert-OH is 1. The minimum Gasteiger partial charge on any atom is -0.394 e. The number of anilines is 1. The summed E-state index contributed by atoms with van der Waals surface area (Å²) in [5, 5.41) is 8.91. The molecule has 0 aliphatic rings. The van der Waals surface area contributed by atoms with Crippen LogP contribution in [0.25, 0.3) is 0 Å². The van der Waals surface area contributed by atoms with E-state index in [4.69, 9.17) is 27.8 Å². The molecule has 0 bridgehead atoms. The Bertz CT molecular complexity index is 424. The third-order valence-corrected chi connectivity index (χ3v) is 2.45. The van der Waals surface area contributed by atoms with Crippen molar-refractivity contribution in [3.05, 3.63) is 17.0 Å². The number of rotatable bonds is 5. The summed E-state index contributed by atoms with van der Waals surface area (Å²) in [6.07, 6.45) is -1.17. The lowest BCUT2D eigenvalue weighted by Gasteiger charge is -2.24. The third kappa shape index (κ3) is 3.72. The number of alkyl halides is 1. The molecule has 0 saturated heterocycles. The van der Waals surface area contributed by atoms with Gasteiger partial charge in [-0.2, -0.15) is 0 Å². The number of hydrogen-bond acceptors (Lipinski definition) is 5. The Kier molecular flexibility index (Phi) is 4.98. The molecule has 1 aromatic heterocycles. The van der Waals surface area contributed by atoms with Crippen LogP contribution in [0.5, 0.6) is 0 Å². The molecule has 3 N–H and O–H groups in total. The first-order valence-electron chi connectivity index (χ1n) is 5.20. The summed E-state index contributed by atoms with van der Waals surface area (Å²) in [5.41, 5.74) is 5.47. The van der Waals surface area contributed by atoms with Gasteiger partial charge in [-0.15, -0.1) is 0 Å². The summed E-state index contributed by atoms with van der Waals surface area (Å²) >= 11 is 4.99. The van der Waals surface area contributed by atoms with Crippen molar-refractivity contribution in [3.63, 3.8) is 0 Å². The molecule has 0 fully saturated rings. The fourth-order valence-electron chi connectivity index (χ4n) is 1.30. The maximum absolute atomic E-state index is 13.5. The zero-order valence-electron chi connectivity index (χ0n) is 9.71. The van der Waals surface area contributed by atoms with E-state index in [1.54, 1.807) is 6.92 Å². The summed E-state index contributed by atoms with van der Waals surface area (Å²) < 4.78 is 20.4. The first-order chi connectivity index (χ1) is 7.95. The maximum Gasteiger partial charge on any atom is 0.203 e. The quantitative estimate of drug-likeness (QED) is 0.785. The van der Waals surface area contributed by atoms with E-state index < -0.39 is 18.5 Å². The molecule has 0 aliphatic carbocycles. The lowest BCUT2D eigenvalue weighted by atomic mass is 10.3. The third-order valence-electron chi connectivity index (χ3n) is 2.15. The number of halogens is 1. The van der Waals surface area contributed by atoms with Crippen LogP contribution >= 0.6 is 12.2 Å². The number of aliphatic hydroxyl groups is 1. The van der Waals surface area contributed by atoms with Gasteiger partial charge in [0.15, 0.2) is 6.23 Å². The second-order valence-electron chi connectivity index (χ2n) is 3.74. The van der Waals surface area contributed by atoms with Gasteiger partial charge in [0.2, 0.25) is 4.77 Å². The molecular weight excluding hydrogens is 245 g/mol. The Hall–Kier alpha value is -1.05. The van der Waals surface area contributed by atoms with Crippen LogP contribution in [0, 0.1) is 4.77 Å². The zero-order chi connectivity index (χ0) is 13.0. The summed E-state index contributed by atoms with van der Waals surface area (Å²) in [6.45, 7) is 2.80. The van der Waals surface area contributed by atoms with Crippen molar-refractivity contribution in [1.82, 2.24) is 9.55 Å². The highest BCUT2D eigenvalue weighted by Crippen LogP contribution is 2.19. The maximum atomic E-state index is 13.5. The summed E-state index contributed by atoms with van der Waals surface area (Å²) in [5.74, 6) is 0.270. The zero-order valence-corrected chi connectivity index (χ0v) is 10.5. The smallest absolute Gasteiger partial charge is 0.203 e. The van der Waals surface area contributed by atoms with Gasteiger partial charge >= 0.3 is 0 Å². The summed E-state index contributed by atoms with van der Waals surface area (Å²) in [4.78, 5) is 3.86. The standard InChI is InChI=1S/C10H16FN3O2S/c1-6(5-15)16-9(7(2)11)14-4-3-8(12)13-10(14)17/h3-4,6-7,9,15H,5H2,1-2H3,(H2,12,13,17)/t6-,7-,9+/m0/s1. The van der Waals surface area contributed by atoms with Gasteiger partial charge in [0.05, 0.1) is 12.7 Å². The molecule has 0 spiro atoms. The van der Waals surface area contributed by atoms with E-state index in [0.717, 1.165) is 0 Å². The molecule has 1 aromatic rings. The largest absolute Gasteiger partial charge is 0.394 e. The lowest BCUT2D eigenvalue weighted by Crippen LogP contribution is -2.28. The van der Waals surface area contributed by atoms with Gasteiger partial charge in [-0.05, 0) is 32.1 Å². The van der Waals surface area contributed by atoms with Crippen LogP contribution in [0.3, 0.4) is 0 Å². The van der Waals surface area contributed by atoms with E-state index in [2.05, 4.69) is 4.98 Å². The summed E-state index contributed by atoms with van der Waals surface area (Å²) in [6, 6.07) is 1.51. The van der Waals surface area contributed by atoms with Crippen molar-refractivity contribution in [1.29, 1.82) is 0 Å². The molecule has 1 rings (SSSR count). The van der Waals surface area contributed by atoms with Crippen molar-refractivity contribution in [2.24, 2.45) is 0 Å². The second kappa shape index (κ2) is 6.04. The SMILES string of the molecule is C[C@H](F)[C@@H](O[C@@H](C)CO)n1ccc(N)nc1=S. The highest BCUT2D eigenvalue weighted by Gasteiger charge is 2.22. The molecule has 7 heteroatoms. The molecule has 5 nitrogen and oxygen atoms in total. The van der Waals surface area contributed by atoms with Crippen molar-refractivity contribution in [2.75, 3.05) is 12.3 Å². The van der Waals surface area contributed by atoms with E-state index in [0.29, 0.717) is 0 Å². The Morgan fingerprint density at radius 2 is 2.29 bits per heavy atom. The van der Waals surface area contributed by atoms with Crippen molar-refractivity contribution >= 4 is 18.0 Å². The lowest BCUT2D eigenvalue weighted by molar-refractivity contribution is -0.0991. The van der Waals surface area contributed by atoms with Crippen LogP contribution in [0.4, 0.5) is 10.2 Å². The van der Waals surface area contributed by atoms with Crippen LogP contribution in [-0.4, -0.2) is 33.5 Å². The van der Waals surface area contributed by atoms with Gasteiger partial charge in [-0.3, -0.25) is 4.57 Å². The molecule has 17 heavy (non-hydrogen) atoms. The van der Waals surface area contributed by atoms with E-state index >= 15 is 0 Å². The molecule has 0 radical (unpaired) electrons. The molecule has 1 heterocycles. The highest BCUT2D eigenvalue weighted by molar-refractivity contribution is 7.71. The van der Waals surface area contributed by atoms with Gasteiger partial charge in [0.1, 0.15) is 12.0 Å². The predicted molar refractivity (Wildman–Crippen MR) is 64.7 cm³/mol. The monoisotopic (exact) mass is 261 g/mol. The fraction of sp³-hybridized carbons (Fsp3) is 0.600. The van der Waals surface area contributed by atoms with E-state index in [9.17, 15) is 4.39 Å². The second-order valence-corrected chi connectivity index (χ2v) is 4.10. The molecule has 0 aliphatic heterocycles. The number of aromatic nitrogens is 2. The first kappa shape index (κ1) is 14.0. The molecule has 0 amide bonds. The van der Waals surface area contributed by atoms with E-state index in [1.165, 1.54) is 23.8 Å². The molecule has 0 saturated carbocycles. The number of ether oxygens (including phenoxy) is 1. The van der Waals surface area contributed by atoms with Crippen molar-refractivity contribution in [2.45, 2.75) is 32.4 Å². The topological polar surface area (TPSA) is 73.3 Å². The average Bonchev–Trinajstić information content (AvgIpc) is 2.26. The van der Waals surface area contributed by atoms with E-state index in [1.807, 2.05) is 0 Å². The normalized spacial score (nSPS) is 16.5. The minimum atomic E-state index is -1.29. The van der Waals surface area contributed by atoms with Gasteiger partial charge in [0, 0.05) is 6.20 Å². The number of nitrogens with zero attached hydrogens (tertiary/aromatic N) is 2. The van der Waals surface area contributed by atoms with Crippen LogP contribution in [0.2, 0.25) is 0 Å². The Balaban J connectivity index is 3.01. The minimum absolute atomic E-state index is 0.143. The fourth-order valence-corrected chi connectivity index (χ4v) is 1.57. The first-order valence-corrected chi connectivity index (χ1v) is 5.61. The van der Waals surface area contributed by atoms with Gasteiger partial charge in [-0.1, -0.05) is 0 Å². The molecule has 0 aromatic carbocycles. The Morgan fingerprint density at radius 3 is 2.76 bits per heavy atom. The van der Waals surface area contributed by atoms with Gasteiger partial charge in [0.25, 0.3) is 0 Å². The van der Waals surface area contributed by atoms with Crippen LogP contribution in [0.15, 0.2) is 12.3 Å². The van der Waals surface area contributed by atoms with E-state index in [-0.39, 0.29) is 17.2 Å². The van der Waals surface area contributed by atoms with Gasteiger partial charge in [-0.25, -0.2) is 9.37 Å². The van der Waals surface area contributed by atoms with Crippen molar-refractivity contribution in [3.8, 4) is 0 Å². The Morgan fingerprint density at radius 1 is 1.65 bits per heavy atom. The van der Waals surface area contributed by atoms with Gasteiger partial charge < -0.3 is 15.6 Å². The van der Waals surface area contributed by atoms with Crippen molar-refractivity contribution < 1.29 is 14.2 Å². The number of nitrogens with two attached hydrogens (primary N) is 1. The molecule has 0 unspecified atom stereocenters. The summed E-state index contributed by atoms with van der Waals surface area (Å²) in [7, 11) is 0. The molecule has 3 atom stereocenters. The average molecular weight is 261 g/mol. The number of hydrogen-bond donors (Lipinski definition) is 2. The predicted octanol–water partition coefficient (Wildman–Crippen LogP) is 1.45. The van der Waals surface area contributed by atoms with Crippen LogP contribution in [0.1, 0.15) is 20.1 Å². The van der Waals surface area contributed by atoms with Crippen LogP contribution in [-0.2, 0) is 4.74 Å². The number of nitrogen functional groups attached to an aromatic ring is 1. The Labute approximate surface area is 104 Å². The molecule has 96 valence electrons.